The van der Waals surface area contributed by atoms with Gasteiger partial charge < -0.3 is 9.64 Å². The van der Waals surface area contributed by atoms with Gasteiger partial charge in [-0.15, -0.1) is 0 Å². The Balaban J connectivity index is 1.92. The fourth-order valence-electron chi connectivity index (χ4n) is 3.10. The summed E-state index contributed by atoms with van der Waals surface area (Å²) in [7, 11) is 1.74. The first-order valence-corrected chi connectivity index (χ1v) is 6.22. The van der Waals surface area contributed by atoms with Crippen LogP contribution in [0.4, 0.5) is 5.69 Å². The Bertz CT molecular complexity index is 534. The molecule has 2 saturated heterocycles. The molecule has 100 valence electrons. The van der Waals surface area contributed by atoms with Crippen LogP contribution in [0.2, 0.25) is 0 Å². The van der Waals surface area contributed by atoms with Gasteiger partial charge in [0.2, 0.25) is 0 Å². The number of carbonyl (C=O) groups excluding carboxylic acids is 1. The molecule has 0 radical (unpaired) electrons. The van der Waals surface area contributed by atoms with Crippen molar-refractivity contribution in [1.82, 2.24) is 4.90 Å². The summed E-state index contributed by atoms with van der Waals surface area (Å²) in [6.07, 6.45) is 1.60. The van der Waals surface area contributed by atoms with Crippen molar-refractivity contribution in [1.29, 1.82) is 0 Å². The molecule has 2 atom stereocenters. The molecule has 2 aliphatic rings. The van der Waals surface area contributed by atoms with E-state index in [0.717, 1.165) is 18.4 Å². The second-order valence-electron chi connectivity index (χ2n) is 5.01. The molecule has 0 saturated carbocycles. The molecule has 0 unspecified atom stereocenters. The van der Waals surface area contributed by atoms with Gasteiger partial charge in [-0.2, -0.15) is 0 Å². The smallest absolute Gasteiger partial charge is 0.269 e. The largest absolute Gasteiger partial charge is 0.363 e. The van der Waals surface area contributed by atoms with Crippen molar-refractivity contribution in [2.75, 3.05) is 13.7 Å². The highest BCUT2D eigenvalue weighted by Crippen LogP contribution is 2.50. The Morgan fingerprint density at radius 1 is 1.42 bits per heavy atom. The molecule has 19 heavy (non-hydrogen) atoms. The SMILES string of the molecule is CN1C(=O)[C@@]2(CCCO2)[C@H]1c1ccc([N+](=O)[O-])cc1. The zero-order chi connectivity index (χ0) is 13.6. The maximum atomic E-state index is 12.0. The minimum atomic E-state index is -0.731. The molecule has 1 aromatic carbocycles. The van der Waals surface area contributed by atoms with Crippen LogP contribution in [0.5, 0.6) is 0 Å². The van der Waals surface area contributed by atoms with Crippen LogP contribution in [0.15, 0.2) is 24.3 Å². The standard InChI is InChI=1S/C13H14N2O4/c1-14-11(13(12(14)16)7-2-8-19-13)9-3-5-10(6-4-9)15(17)18/h3-6,11H,2,7-8H2,1H3/t11-,13-/m1/s1. The highest BCUT2D eigenvalue weighted by atomic mass is 16.6. The molecule has 2 fully saturated rings. The zero-order valence-electron chi connectivity index (χ0n) is 10.5. The van der Waals surface area contributed by atoms with Crippen LogP contribution < -0.4 is 0 Å². The van der Waals surface area contributed by atoms with Crippen molar-refractivity contribution in [2.24, 2.45) is 0 Å². The van der Waals surface area contributed by atoms with E-state index in [1.165, 1.54) is 12.1 Å². The summed E-state index contributed by atoms with van der Waals surface area (Å²) in [6.45, 7) is 0.600. The van der Waals surface area contributed by atoms with Crippen molar-refractivity contribution in [3.8, 4) is 0 Å². The van der Waals surface area contributed by atoms with Gasteiger partial charge in [-0.25, -0.2) is 0 Å². The number of likely N-dealkylation sites (tertiary alicyclic amines) is 1. The number of nitro benzene ring substituents is 1. The highest BCUT2D eigenvalue weighted by Gasteiger charge is 2.62. The minimum Gasteiger partial charge on any atom is -0.363 e. The first kappa shape index (κ1) is 12.1. The van der Waals surface area contributed by atoms with Crippen LogP contribution in [0, 0.1) is 10.1 Å². The van der Waals surface area contributed by atoms with E-state index >= 15 is 0 Å². The van der Waals surface area contributed by atoms with Crippen LogP contribution in [0.1, 0.15) is 24.4 Å². The lowest BCUT2D eigenvalue weighted by molar-refractivity contribution is -0.384. The van der Waals surface area contributed by atoms with E-state index in [4.69, 9.17) is 4.74 Å². The molecular formula is C13H14N2O4. The summed E-state index contributed by atoms with van der Waals surface area (Å²) in [5, 5.41) is 10.6. The number of hydrogen-bond donors (Lipinski definition) is 0. The van der Waals surface area contributed by atoms with Gasteiger partial charge in [0.05, 0.1) is 11.0 Å². The summed E-state index contributed by atoms with van der Waals surface area (Å²) < 4.78 is 5.68. The number of carbonyl (C=O) groups is 1. The van der Waals surface area contributed by atoms with Gasteiger partial charge in [0.1, 0.15) is 0 Å². The summed E-state index contributed by atoms with van der Waals surface area (Å²) >= 11 is 0. The molecule has 6 nitrogen and oxygen atoms in total. The Morgan fingerprint density at radius 2 is 2.11 bits per heavy atom. The van der Waals surface area contributed by atoms with E-state index in [-0.39, 0.29) is 17.6 Å². The molecule has 1 spiro atoms. The number of amides is 1. The molecule has 1 amide bonds. The number of nitro groups is 1. The summed E-state index contributed by atoms with van der Waals surface area (Å²) in [5.74, 6) is 0.00773. The lowest BCUT2D eigenvalue weighted by Gasteiger charge is -2.52. The molecular weight excluding hydrogens is 248 g/mol. The lowest BCUT2D eigenvalue weighted by atomic mass is 9.76. The monoisotopic (exact) mass is 262 g/mol. The van der Waals surface area contributed by atoms with E-state index in [0.29, 0.717) is 6.61 Å². The fourth-order valence-corrected chi connectivity index (χ4v) is 3.10. The molecule has 3 rings (SSSR count). The second kappa shape index (κ2) is 4.03. The normalized spacial score (nSPS) is 29.6. The lowest BCUT2D eigenvalue weighted by Crippen LogP contribution is -2.66. The number of β-lactam (4-membered cyclic amide) rings is 1. The number of non-ortho nitro benzene ring substituents is 1. The predicted molar refractivity (Wildman–Crippen MR) is 66.5 cm³/mol. The average molecular weight is 262 g/mol. The van der Waals surface area contributed by atoms with Gasteiger partial charge in [0.25, 0.3) is 11.6 Å². The Hall–Kier alpha value is -1.95. The Morgan fingerprint density at radius 3 is 2.63 bits per heavy atom. The minimum absolute atomic E-state index is 0.00773. The molecule has 0 N–H and O–H groups in total. The number of nitrogens with zero attached hydrogens (tertiary/aromatic N) is 2. The van der Waals surface area contributed by atoms with Crippen LogP contribution in [-0.2, 0) is 9.53 Å². The van der Waals surface area contributed by atoms with Gasteiger partial charge in [-0.05, 0) is 18.4 Å². The third-order valence-corrected chi connectivity index (χ3v) is 3.98. The summed E-state index contributed by atoms with van der Waals surface area (Å²) in [5.41, 5.74) is 0.207. The van der Waals surface area contributed by atoms with E-state index in [1.54, 1.807) is 24.1 Å². The van der Waals surface area contributed by atoms with Gasteiger partial charge in [-0.1, -0.05) is 12.1 Å². The fraction of sp³-hybridized carbons (Fsp3) is 0.462. The van der Waals surface area contributed by atoms with Gasteiger partial charge in [0.15, 0.2) is 5.60 Å². The number of hydrogen-bond acceptors (Lipinski definition) is 4. The molecule has 0 bridgehead atoms. The van der Waals surface area contributed by atoms with E-state index in [2.05, 4.69) is 0 Å². The van der Waals surface area contributed by atoms with Crippen LogP contribution in [0.25, 0.3) is 0 Å². The first-order chi connectivity index (χ1) is 9.06. The van der Waals surface area contributed by atoms with Crippen molar-refractivity contribution in [3.05, 3.63) is 39.9 Å². The number of likely N-dealkylation sites (N-methyl/N-ethyl adjacent to an activating group) is 1. The first-order valence-electron chi connectivity index (χ1n) is 6.22. The van der Waals surface area contributed by atoms with Gasteiger partial charge >= 0.3 is 0 Å². The maximum Gasteiger partial charge on any atom is 0.269 e. The van der Waals surface area contributed by atoms with Gasteiger partial charge in [-0.3, -0.25) is 14.9 Å². The molecule has 0 aliphatic carbocycles. The van der Waals surface area contributed by atoms with Crippen molar-refractivity contribution >= 4 is 11.6 Å². The summed E-state index contributed by atoms with van der Waals surface area (Å²) in [4.78, 5) is 23.9. The zero-order valence-corrected chi connectivity index (χ0v) is 10.5. The van der Waals surface area contributed by atoms with Crippen molar-refractivity contribution in [2.45, 2.75) is 24.5 Å². The highest BCUT2D eigenvalue weighted by molar-refractivity contribution is 5.93. The molecule has 6 heteroatoms. The van der Waals surface area contributed by atoms with Crippen molar-refractivity contribution < 1.29 is 14.5 Å². The topological polar surface area (TPSA) is 72.7 Å². The van der Waals surface area contributed by atoms with Crippen molar-refractivity contribution in [3.63, 3.8) is 0 Å². The van der Waals surface area contributed by atoms with Gasteiger partial charge in [0, 0.05) is 25.8 Å². The number of benzene rings is 1. The van der Waals surface area contributed by atoms with Crippen LogP contribution in [0.3, 0.4) is 0 Å². The molecule has 0 aromatic heterocycles. The van der Waals surface area contributed by atoms with Crippen LogP contribution in [-0.4, -0.2) is 35.0 Å². The van der Waals surface area contributed by atoms with E-state index < -0.39 is 10.5 Å². The Labute approximate surface area is 110 Å². The molecule has 1 aromatic rings. The quantitative estimate of drug-likeness (QED) is 0.461. The average Bonchev–Trinajstić information content (AvgIpc) is 2.91. The predicted octanol–water partition coefficient (Wildman–Crippen LogP) is 1.66. The maximum absolute atomic E-state index is 12.0. The number of ether oxygens (including phenoxy) is 1. The van der Waals surface area contributed by atoms with E-state index in [9.17, 15) is 14.9 Å². The number of rotatable bonds is 2. The molecule has 2 heterocycles. The van der Waals surface area contributed by atoms with E-state index in [1.807, 2.05) is 0 Å². The molecule has 2 aliphatic heterocycles. The second-order valence-corrected chi connectivity index (χ2v) is 5.01. The third-order valence-electron chi connectivity index (χ3n) is 3.98. The summed E-state index contributed by atoms with van der Waals surface area (Å²) in [6, 6.07) is 6.21. The third kappa shape index (κ3) is 1.56. The van der Waals surface area contributed by atoms with Crippen LogP contribution >= 0.6 is 0 Å². The Kier molecular flexibility index (Phi) is 2.56.